The molecule has 0 unspecified atom stereocenters. The standard InChI is InChI=1S/C16H18N2O9/c1-8(19)23-6-11-13(25-10(3)21)16(7-24-9(2)20)14(26-11)18-5-4-12(22)17-15(18)27-16/h4-5,11,13-14H,6-7H2,1-3H3/t11-,13-,14-,16+/m1/s1. The molecule has 0 N–H and O–H groups in total. The summed E-state index contributed by atoms with van der Waals surface area (Å²) in [6.07, 6.45) is -1.49. The average Bonchev–Trinajstić information content (AvgIpc) is 3.02. The minimum Gasteiger partial charge on any atom is -0.463 e. The van der Waals surface area contributed by atoms with E-state index in [0.29, 0.717) is 0 Å². The van der Waals surface area contributed by atoms with Gasteiger partial charge < -0.3 is 23.7 Å². The van der Waals surface area contributed by atoms with Crippen LogP contribution in [0.15, 0.2) is 17.1 Å². The number of hydrogen-bond donors (Lipinski definition) is 0. The van der Waals surface area contributed by atoms with Crippen LogP contribution >= 0.6 is 0 Å². The molecule has 1 fully saturated rings. The molecule has 146 valence electrons. The quantitative estimate of drug-likeness (QED) is 0.477. The molecule has 1 saturated heterocycles. The molecule has 2 aliphatic rings. The van der Waals surface area contributed by atoms with Crippen molar-refractivity contribution in [2.75, 3.05) is 13.2 Å². The highest BCUT2D eigenvalue weighted by Crippen LogP contribution is 2.48. The number of nitrogens with zero attached hydrogens (tertiary/aromatic N) is 2. The van der Waals surface area contributed by atoms with Crippen LogP contribution in [-0.2, 0) is 33.3 Å². The lowest BCUT2D eigenvalue weighted by atomic mass is 9.94. The molecule has 4 atom stereocenters. The van der Waals surface area contributed by atoms with Gasteiger partial charge in [-0.1, -0.05) is 0 Å². The SMILES string of the molecule is CC(=O)OC[C@H]1O[C@H]2n3ccc(=O)nc3O[C@@]2(COC(C)=O)[C@@H]1OC(C)=O. The van der Waals surface area contributed by atoms with Gasteiger partial charge in [0.15, 0.2) is 12.3 Å². The first kappa shape index (κ1) is 18.8. The average molecular weight is 382 g/mol. The van der Waals surface area contributed by atoms with Crippen LogP contribution in [0, 0.1) is 0 Å². The molecule has 11 nitrogen and oxygen atoms in total. The second-order valence-electron chi connectivity index (χ2n) is 6.15. The van der Waals surface area contributed by atoms with Crippen LogP contribution in [0.3, 0.4) is 0 Å². The fourth-order valence-corrected chi connectivity index (χ4v) is 3.12. The molecule has 27 heavy (non-hydrogen) atoms. The molecule has 11 heteroatoms. The minimum absolute atomic E-state index is 0.0669. The predicted molar refractivity (Wildman–Crippen MR) is 84.6 cm³/mol. The Balaban J connectivity index is 2.01. The van der Waals surface area contributed by atoms with E-state index >= 15 is 0 Å². The zero-order valence-electron chi connectivity index (χ0n) is 14.9. The third-order valence-electron chi connectivity index (χ3n) is 4.12. The van der Waals surface area contributed by atoms with Gasteiger partial charge in [-0.25, -0.2) is 0 Å². The summed E-state index contributed by atoms with van der Waals surface area (Å²) in [5.74, 6) is -1.77. The van der Waals surface area contributed by atoms with Gasteiger partial charge in [0.1, 0.15) is 19.3 Å². The van der Waals surface area contributed by atoms with Crippen molar-refractivity contribution >= 4 is 17.9 Å². The second kappa shape index (κ2) is 6.99. The van der Waals surface area contributed by atoms with E-state index < -0.39 is 47.5 Å². The van der Waals surface area contributed by atoms with Gasteiger partial charge >= 0.3 is 23.9 Å². The number of carbonyl (C=O) groups is 3. The number of carbonyl (C=O) groups excluding carboxylic acids is 3. The van der Waals surface area contributed by atoms with Gasteiger partial charge in [-0.3, -0.25) is 23.7 Å². The monoisotopic (exact) mass is 382 g/mol. The second-order valence-corrected chi connectivity index (χ2v) is 6.15. The number of aromatic nitrogens is 2. The van der Waals surface area contributed by atoms with Gasteiger partial charge in [-0.05, 0) is 0 Å². The first-order valence-corrected chi connectivity index (χ1v) is 8.10. The maximum atomic E-state index is 11.7. The molecule has 0 aliphatic carbocycles. The minimum atomic E-state index is -1.49. The van der Waals surface area contributed by atoms with Crippen molar-refractivity contribution in [1.82, 2.24) is 9.55 Å². The molecule has 0 saturated carbocycles. The summed E-state index contributed by atoms with van der Waals surface area (Å²) >= 11 is 0. The van der Waals surface area contributed by atoms with E-state index in [4.69, 9.17) is 23.7 Å². The highest BCUT2D eigenvalue weighted by atomic mass is 16.7. The highest BCUT2D eigenvalue weighted by molar-refractivity contribution is 5.67. The van der Waals surface area contributed by atoms with E-state index in [0.717, 1.165) is 0 Å². The van der Waals surface area contributed by atoms with E-state index in [-0.39, 0.29) is 19.2 Å². The molecule has 3 heterocycles. The molecule has 0 aromatic carbocycles. The Morgan fingerprint density at radius 3 is 2.52 bits per heavy atom. The number of esters is 3. The van der Waals surface area contributed by atoms with Crippen LogP contribution in [0.1, 0.15) is 27.0 Å². The van der Waals surface area contributed by atoms with E-state index in [1.54, 1.807) is 0 Å². The van der Waals surface area contributed by atoms with Crippen molar-refractivity contribution < 1.29 is 38.1 Å². The Labute approximate surface area is 153 Å². The summed E-state index contributed by atoms with van der Waals surface area (Å²) < 4.78 is 28.6. The molecule has 3 rings (SSSR count). The predicted octanol–water partition coefficient (Wildman–Crippen LogP) is -0.670. The normalized spacial score (nSPS) is 27.9. The third kappa shape index (κ3) is 3.50. The van der Waals surface area contributed by atoms with Gasteiger partial charge in [0.25, 0.3) is 5.56 Å². The summed E-state index contributed by atoms with van der Waals surface area (Å²) in [6.45, 7) is 3.09. The van der Waals surface area contributed by atoms with Crippen LogP contribution in [0.5, 0.6) is 6.01 Å². The number of fused-ring (bicyclic) bond motifs is 3. The maximum absolute atomic E-state index is 11.7. The zero-order valence-corrected chi connectivity index (χ0v) is 14.9. The third-order valence-corrected chi connectivity index (χ3v) is 4.12. The summed E-state index contributed by atoms with van der Waals surface area (Å²) in [5.41, 5.74) is -2.03. The van der Waals surface area contributed by atoms with E-state index in [1.165, 1.54) is 37.6 Å². The van der Waals surface area contributed by atoms with Crippen molar-refractivity contribution in [3.63, 3.8) is 0 Å². The Hall–Kier alpha value is -2.95. The van der Waals surface area contributed by atoms with Crippen LogP contribution in [-0.4, -0.2) is 58.5 Å². The van der Waals surface area contributed by atoms with E-state index in [9.17, 15) is 19.2 Å². The Kier molecular flexibility index (Phi) is 4.87. The van der Waals surface area contributed by atoms with Gasteiger partial charge in [-0.15, -0.1) is 0 Å². The molecule has 0 radical (unpaired) electrons. The van der Waals surface area contributed by atoms with Crippen molar-refractivity contribution in [3.8, 4) is 6.01 Å². The molecule has 1 aromatic heterocycles. The Bertz CT molecular complexity index is 835. The molecular formula is C16H18N2O9. The summed E-state index contributed by atoms with van der Waals surface area (Å²) in [7, 11) is 0. The number of hydrogen-bond acceptors (Lipinski definition) is 10. The molecule has 0 amide bonds. The van der Waals surface area contributed by atoms with Gasteiger partial charge in [-0.2, -0.15) is 4.98 Å². The van der Waals surface area contributed by atoms with Gasteiger partial charge in [0.2, 0.25) is 5.60 Å². The zero-order chi connectivity index (χ0) is 19.8. The van der Waals surface area contributed by atoms with Crippen LogP contribution in [0.2, 0.25) is 0 Å². The van der Waals surface area contributed by atoms with Crippen molar-refractivity contribution in [3.05, 3.63) is 22.6 Å². The fourth-order valence-electron chi connectivity index (χ4n) is 3.12. The molecule has 1 aromatic rings. The molecule has 2 aliphatic heterocycles. The van der Waals surface area contributed by atoms with Crippen molar-refractivity contribution in [2.45, 2.75) is 44.8 Å². The number of ether oxygens (including phenoxy) is 5. The lowest BCUT2D eigenvalue weighted by Gasteiger charge is -2.31. The molecule has 0 spiro atoms. The first-order valence-electron chi connectivity index (χ1n) is 8.10. The lowest BCUT2D eigenvalue weighted by molar-refractivity contribution is -0.168. The van der Waals surface area contributed by atoms with Crippen LogP contribution < -0.4 is 10.3 Å². The smallest absolute Gasteiger partial charge is 0.303 e. The maximum Gasteiger partial charge on any atom is 0.303 e. The molecular weight excluding hydrogens is 364 g/mol. The van der Waals surface area contributed by atoms with E-state index in [2.05, 4.69) is 4.98 Å². The summed E-state index contributed by atoms with van der Waals surface area (Å²) in [4.78, 5) is 49.5. The van der Waals surface area contributed by atoms with E-state index in [1.807, 2.05) is 0 Å². The van der Waals surface area contributed by atoms with Crippen LogP contribution in [0.25, 0.3) is 0 Å². The Morgan fingerprint density at radius 1 is 1.19 bits per heavy atom. The van der Waals surface area contributed by atoms with Gasteiger partial charge in [0, 0.05) is 33.0 Å². The largest absolute Gasteiger partial charge is 0.463 e. The summed E-state index contributed by atoms with van der Waals surface area (Å²) in [5, 5.41) is 0. The number of rotatable bonds is 5. The van der Waals surface area contributed by atoms with Gasteiger partial charge in [0.05, 0.1) is 0 Å². The fraction of sp³-hybridized carbons (Fsp3) is 0.562. The topological polar surface area (TPSA) is 132 Å². The first-order chi connectivity index (χ1) is 12.7. The molecule has 0 bridgehead atoms. The van der Waals surface area contributed by atoms with Crippen LogP contribution in [0.4, 0.5) is 0 Å². The Morgan fingerprint density at radius 2 is 1.89 bits per heavy atom. The highest BCUT2D eigenvalue weighted by Gasteiger charge is 2.66. The summed E-state index contributed by atoms with van der Waals surface area (Å²) in [6, 6.07) is 1.14. The van der Waals surface area contributed by atoms with Crippen molar-refractivity contribution in [1.29, 1.82) is 0 Å². The van der Waals surface area contributed by atoms with Crippen molar-refractivity contribution in [2.24, 2.45) is 0 Å². The lowest BCUT2D eigenvalue weighted by Crippen LogP contribution is -2.54.